The first-order valence-electron chi connectivity index (χ1n) is 5.98. The largest absolute Gasteiger partial charge is 0.397 e. The second-order valence-electron chi connectivity index (χ2n) is 4.73. The lowest BCUT2D eigenvalue weighted by atomic mass is 9.97. The fourth-order valence-electron chi connectivity index (χ4n) is 2.09. The smallest absolute Gasteiger partial charge is 0.144 e. The third kappa shape index (κ3) is 3.48. The van der Waals surface area contributed by atoms with E-state index < -0.39 is 0 Å². The van der Waals surface area contributed by atoms with Crippen molar-refractivity contribution >= 4 is 23.1 Å². The lowest BCUT2D eigenvalue weighted by molar-refractivity contribution is 0.226. The maximum Gasteiger partial charge on any atom is 0.144 e. The van der Waals surface area contributed by atoms with Crippen LogP contribution in [0.3, 0.4) is 0 Å². The van der Waals surface area contributed by atoms with Crippen LogP contribution in [-0.2, 0) is 0 Å². The summed E-state index contributed by atoms with van der Waals surface area (Å²) in [5, 5.41) is 3.90. The number of halogens is 1. The highest BCUT2D eigenvalue weighted by molar-refractivity contribution is 6.33. The Balaban J connectivity index is 1.85. The van der Waals surface area contributed by atoms with E-state index in [9.17, 15) is 0 Å². The van der Waals surface area contributed by atoms with E-state index in [1.54, 1.807) is 12.3 Å². The van der Waals surface area contributed by atoms with Crippen LogP contribution in [-0.4, -0.2) is 36.6 Å². The molecule has 4 nitrogen and oxygen atoms in total. The first-order chi connectivity index (χ1) is 8.15. The van der Waals surface area contributed by atoms with Gasteiger partial charge in [-0.25, -0.2) is 4.98 Å². The summed E-state index contributed by atoms with van der Waals surface area (Å²) in [7, 11) is 2.17. The van der Waals surface area contributed by atoms with Crippen LogP contribution in [0.5, 0.6) is 0 Å². The highest BCUT2D eigenvalue weighted by Crippen LogP contribution is 2.22. The maximum absolute atomic E-state index is 6.06. The molecule has 5 heteroatoms. The summed E-state index contributed by atoms with van der Waals surface area (Å²) >= 11 is 6.06. The van der Waals surface area contributed by atoms with Crippen molar-refractivity contribution in [3.05, 3.63) is 17.3 Å². The standard InChI is InChI=1S/C12H19ClN4/c1-17-4-2-9(3-5-17)7-15-12-11(13)6-10(14)8-16-12/h6,8-9H,2-5,7,14H2,1H3,(H,15,16). The molecule has 3 N–H and O–H groups in total. The number of rotatable bonds is 3. The van der Waals surface area contributed by atoms with Crippen LogP contribution >= 0.6 is 11.6 Å². The molecule has 1 aromatic heterocycles. The Hall–Kier alpha value is -1.00. The molecule has 0 bridgehead atoms. The molecule has 1 aliphatic rings. The van der Waals surface area contributed by atoms with Crippen molar-refractivity contribution in [1.29, 1.82) is 0 Å². The third-order valence-corrected chi connectivity index (χ3v) is 3.55. The Kier molecular flexibility index (Phi) is 4.07. The van der Waals surface area contributed by atoms with Crippen LogP contribution in [0.1, 0.15) is 12.8 Å². The minimum Gasteiger partial charge on any atom is -0.397 e. The average molecular weight is 255 g/mol. The number of pyridine rings is 1. The number of nitrogens with two attached hydrogens (primary N) is 1. The second kappa shape index (κ2) is 5.56. The van der Waals surface area contributed by atoms with Crippen LogP contribution in [0.15, 0.2) is 12.3 Å². The molecule has 94 valence electrons. The van der Waals surface area contributed by atoms with Crippen molar-refractivity contribution in [2.24, 2.45) is 5.92 Å². The summed E-state index contributed by atoms with van der Waals surface area (Å²) in [5.41, 5.74) is 6.20. The number of nitrogen functional groups attached to an aromatic ring is 1. The zero-order chi connectivity index (χ0) is 12.3. The van der Waals surface area contributed by atoms with Gasteiger partial charge >= 0.3 is 0 Å². The average Bonchev–Trinajstić information content (AvgIpc) is 2.30. The summed E-state index contributed by atoms with van der Waals surface area (Å²) in [6.07, 6.45) is 4.09. The number of aromatic nitrogens is 1. The number of nitrogens with zero attached hydrogens (tertiary/aromatic N) is 2. The van der Waals surface area contributed by atoms with Crippen LogP contribution < -0.4 is 11.1 Å². The second-order valence-corrected chi connectivity index (χ2v) is 5.13. The topological polar surface area (TPSA) is 54.2 Å². The first kappa shape index (κ1) is 12.5. The number of hydrogen-bond acceptors (Lipinski definition) is 4. The van der Waals surface area contributed by atoms with Crippen molar-refractivity contribution in [3.8, 4) is 0 Å². The molecule has 1 saturated heterocycles. The lowest BCUT2D eigenvalue weighted by Crippen LogP contribution is -2.33. The Bertz CT molecular complexity index is 375. The quantitative estimate of drug-likeness (QED) is 0.867. The number of anilines is 2. The van der Waals surface area contributed by atoms with Gasteiger partial charge in [0, 0.05) is 6.54 Å². The Morgan fingerprint density at radius 1 is 1.53 bits per heavy atom. The Morgan fingerprint density at radius 3 is 2.88 bits per heavy atom. The van der Waals surface area contributed by atoms with Gasteiger partial charge in [0.15, 0.2) is 0 Å². The van der Waals surface area contributed by atoms with E-state index in [0.29, 0.717) is 16.6 Å². The zero-order valence-electron chi connectivity index (χ0n) is 10.1. The highest BCUT2D eigenvalue weighted by Gasteiger charge is 2.16. The predicted octanol–water partition coefficient (Wildman–Crippen LogP) is 2.07. The molecule has 1 fully saturated rings. The van der Waals surface area contributed by atoms with Crippen LogP contribution in [0.2, 0.25) is 5.02 Å². The first-order valence-corrected chi connectivity index (χ1v) is 6.36. The normalized spacial score (nSPS) is 18.2. The van der Waals surface area contributed by atoms with E-state index in [2.05, 4.69) is 22.2 Å². The molecular formula is C12H19ClN4. The zero-order valence-corrected chi connectivity index (χ0v) is 10.9. The van der Waals surface area contributed by atoms with Gasteiger partial charge in [-0.2, -0.15) is 0 Å². The van der Waals surface area contributed by atoms with Crippen molar-refractivity contribution in [3.63, 3.8) is 0 Å². The molecular weight excluding hydrogens is 236 g/mol. The number of hydrogen-bond donors (Lipinski definition) is 2. The van der Waals surface area contributed by atoms with E-state index in [4.69, 9.17) is 17.3 Å². The molecule has 0 aromatic carbocycles. The molecule has 1 aromatic rings. The number of piperidine rings is 1. The van der Waals surface area contributed by atoms with Gasteiger partial charge in [-0.3, -0.25) is 0 Å². The fraction of sp³-hybridized carbons (Fsp3) is 0.583. The van der Waals surface area contributed by atoms with Crippen molar-refractivity contribution < 1.29 is 0 Å². The molecule has 0 spiro atoms. The number of likely N-dealkylation sites (tertiary alicyclic amines) is 1. The van der Waals surface area contributed by atoms with Gasteiger partial charge in [0.05, 0.1) is 16.9 Å². The van der Waals surface area contributed by atoms with E-state index in [-0.39, 0.29) is 0 Å². The molecule has 0 unspecified atom stereocenters. The summed E-state index contributed by atoms with van der Waals surface area (Å²) in [6, 6.07) is 1.73. The molecule has 2 rings (SSSR count). The van der Waals surface area contributed by atoms with Gasteiger partial charge in [-0.1, -0.05) is 11.6 Å². The van der Waals surface area contributed by atoms with Gasteiger partial charge in [0.25, 0.3) is 0 Å². The van der Waals surface area contributed by atoms with Crippen molar-refractivity contribution in [1.82, 2.24) is 9.88 Å². The van der Waals surface area contributed by atoms with Crippen molar-refractivity contribution in [2.75, 3.05) is 37.7 Å². The summed E-state index contributed by atoms with van der Waals surface area (Å²) in [5.74, 6) is 1.45. The Morgan fingerprint density at radius 2 is 2.24 bits per heavy atom. The molecule has 0 saturated carbocycles. The fourth-order valence-corrected chi connectivity index (χ4v) is 2.33. The molecule has 2 heterocycles. The van der Waals surface area contributed by atoms with Gasteiger partial charge in [0.1, 0.15) is 5.82 Å². The van der Waals surface area contributed by atoms with Gasteiger partial charge < -0.3 is 16.0 Å². The molecule has 0 amide bonds. The van der Waals surface area contributed by atoms with Crippen molar-refractivity contribution in [2.45, 2.75) is 12.8 Å². The minimum absolute atomic E-state index is 0.595. The molecule has 1 aliphatic heterocycles. The predicted molar refractivity (Wildman–Crippen MR) is 72.4 cm³/mol. The van der Waals surface area contributed by atoms with E-state index in [1.165, 1.54) is 25.9 Å². The summed E-state index contributed by atoms with van der Waals surface area (Å²) in [6.45, 7) is 3.29. The highest BCUT2D eigenvalue weighted by atomic mass is 35.5. The van der Waals surface area contributed by atoms with Crippen LogP contribution in [0.4, 0.5) is 11.5 Å². The summed E-state index contributed by atoms with van der Waals surface area (Å²) in [4.78, 5) is 6.56. The molecule has 0 atom stereocenters. The van der Waals surface area contributed by atoms with Gasteiger partial charge in [-0.05, 0) is 45.0 Å². The minimum atomic E-state index is 0.595. The van der Waals surface area contributed by atoms with E-state index in [1.807, 2.05) is 0 Å². The molecule has 0 radical (unpaired) electrons. The molecule has 0 aliphatic carbocycles. The van der Waals surface area contributed by atoms with Crippen LogP contribution in [0, 0.1) is 5.92 Å². The summed E-state index contributed by atoms with van der Waals surface area (Å²) < 4.78 is 0. The molecule has 17 heavy (non-hydrogen) atoms. The van der Waals surface area contributed by atoms with Crippen LogP contribution in [0.25, 0.3) is 0 Å². The number of nitrogens with one attached hydrogen (secondary N) is 1. The Labute approximate surface area is 107 Å². The van der Waals surface area contributed by atoms with E-state index in [0.717, 1.165) is 12.4 Å². The SMILES string of the molecule is CN1CCC(CNc2ncc(N)cc2Cl)CC1. The maximum atomic E-state index is 6.06. The van der Waals surface area contributed by atoms with E-state index >= 15 is 0 Å². The lowest BCUT2D eigenvalue weighted by Gasteiger charge is -2.29. The third-order valence-electron chi connectivity index (χ3n) is 3.26. The monoisotopic (exact) mass is 254 g/mol. The van der Waals surface area contributed by atoms with Gasteiger partial charge in [-0.15, -0.1) is 0 Å². The van der Waals surface area contributed by atoms with Gasteiger partial charge in [0.2, 0.25) is 0 Å².